The van der Waals surface area contributed by atoms with Crippen LogP contribution in [-0.4, -0.2) is 65.2 Å². The first kappa shape index (κ1) is 17.9. The molecule has 0 radical (unpaired) electrons. The van der Waals surface area contributed by atoms with E-state index in [0.29, 0.717) is 30.3 Å². The van der Waals surface area contributed by atoms with Gasteiger partial charge in [0.25, 0.3) is 5.91 Å². The number of aromatic amines is 1. The zero-order valence-electron chi connectivity index (χ0n) is 15.5. The molecule has 0 atom stereocenters. The number of carbonyl (C=O) groups excluding carboxylic acids is 1. The number of ether oxygens (including phenoxy) is 1. The van der Waals surface area contributed by atoms with E-state index in [1.165, 1.54) is 6.42 Å². The Balaban J connectivity index is 1.63. The van der Waals surface area contributed by atoms with Gasteiger partial charge in [-0.3, -0.25) is 10.2 Å². The van der Waals surface area contributed by atoms with E-state index in [9.17, 15) is 4.79 Å². The number of nitrogens with zero attached hydrogens (tertiary/aromatic N) is 4. The van der Waals surface area contributed by atoms with Crippen molar-refractivity contribution in [3.8, 4) is 0 Å². The predicted molar refractivity (Wildman–Crippen MR) is 102 cm³/mol. The quantitative estimate of drug-likeness (QED) is 0.567. The van der Waals surface area contributed by atoms with Gasteiger partial charge >= 0.3 is 0 Å². The maximum Gasteiger partial charge on any atom is 0.287 e. The lowest BCUT2D eigenvalue weighted by atomic mass is 9.95. The summed E-state index contributed by atoms with van der Waals surface area (Å²) in [6.45, 7) is 2.74. The van der Waals surface area contributed by atoms with Crippen LogP contribution < -0.4 is 21.1 Å². The highest BCUT2D eigenvalue weighted by molar-refractivity contribution is 5.96. The Morgan fingerprint density at radius 1 is 1.15 bits per heavy atom. The summed E-state index contributed by atoms with van der Waals surface area (Å²) in [5.41, 5.74) is 6.87. The lowest BCUT2D eigenvalue weighted by Crippen LogP contribution is -2.37. The molecule has 3 heterocycles. The number of morpholine rings is 1. The van der Waals surface area contributed by atoms with E-state index < -0.39 is 0 Å². The van der Waals surface area contributed by atoms with Crippen molar-refractivity contribution in [1.82, 2.24) is 30.7 Å². The number of fused-ring (bicyclic) bond motifs is 1. The number of hydrogen-bond acceptors (Lipinski definition) is 8. The third kappa shape index (κ3) is 3.96. The molecule has 1 aliphatic carbocycles. The number of anilines is 2. The van der Waals surface area contributed by atoms with Crippen molar-refractivity contribution in [2.75, 3.05) is 43.7 Å². The van der Waals surface area contributed by atoms with Crippen LogP contribution in [0.25, 0.3) is 11.2 Å². The average molecular weight is 374 g/mol. The van der Waals surface area contributed by atoms with Gasteiger partial charge < -0.3 is 19.9 Å². The van der Waals surface area contributed by atoms with Gasteiger partial charge in [0.1, 0.15) is 5.52 Å². The Morgan fingerprint density at radius 2 is 1.93 bits per heavy atom. The smallest absolute Gasteiger partial charge is 0.287 e. The minimum atomic E-state index is -0.184. The van der Waals surface area contributed by atoms with E-state index in [1.807, 2.05) is 0 Å². The van der Waals surface area contributed by atoms with Crippen LogP contribution in [0.1, 0.15) is 42.7 Å². The van der Waals surface area contributed by atoms with Gasteiger partial charge in [0.2, 0.25) is 5.95 Å². The van der Waals surface area contributed by atoms with Crippen molar-refractivity contribution in [3.63, 3.8) is 0 Å². The van der Waals surface area contributed by atoms with Crippen LogP contribution >= 0.6 is 0 Å². The van der Waals surface area contributed by atoms with Crippen molar-refractivity contribution < 1.29 is 9.53 Å². The Labute approximate surface area is 157 Å². The predicted octanol–water partition coefficient (Wildman–Crippen LogP) is 0.798. The maximum absolute atomic E-state index is 12.7. The molecule has 10 nitrogen and oxygen atoms in total. The van der Waals surface area contributed by atoms with Crippen LogP contribution in [0.5, 0.6) is 0 Å². The van der Waals surface area contributed by atoms with Gasteiger partial charge in [-0.15, -0.1) is 0 Å². The summed E-state index contributed by atoms with van der Waals surface area (Å²) in [5.74, 6) is 1.24. The molecule has 1 saturated carbocycles. The van der Waals surface area contributed by atoms with E-state index in [-0.39, 0.29) is 17.8 Å². The second-order valence-corrected chi connectivity index (χ2v) is 6.94. The van der Waals surface area contributed by atoms with E-state index in [4.69, 9.17) is 4.74 Å². The molecule has 0 unspecified atom stereocenters. The van der Waals surface area contributed by atoms with Crippen molar-refractivity contribution >= 4 is 28.8 Å². The monoisotopic (exact) mass is 374 g/mol. The average Bonchev–Trinajstić information content (AvgIpc) is 3.13. The zero-order chi connectivity index (χ0) is 18.6. The summed E-state index contributed by atoms with van der Waals surface area (Å²) in [6, 6.07) is 0.228. The molecular formula is C17H26N8O2. The number of hydrogen-bond donors (Lipinski definition) is 4. The lowest BCUT2D eigenvalue weighted by molar-refractivity contribution is 0.0918. The number of amides is 1. The zero-order valence-corrected chi connectivity index (χ0v) is 15.5. The Morgan fingerprint density at radius 3 is 2.67 bits per heavy atom. The number of imidazole rings is 1. The van der Waals surface area contributed by atoms with Crippen LogP contribution in [0.4, 0.5) is 11.8 Å². The van der Waals surface area contributed by atoms with Crippen LogP contribution in [0.3, 0.4) is 0 Å². The molecule has 10 heteroatoms. The molecule has 0 aromatic carbocycles. The number of hydrazine groups is 1. The Kier molecular flexibility index (Phi) is 5.35. The van der Waals surface area contributed by atoms with Crippen molar-refractivity contribution in [2.24, 2.45) is 0 Å². The van der Waals surface area contributed by atoms with E-state index in [0.717, 1.165) is 44.6 Å². The minimum Gasteiger partial charge on any atom is -0.378 e. The molecule has 27 heavy (non-hydrogen) atoms. The molecule has 146 valence electrons. The van der Waals surface area contributed by atoms with Crippen molar-refractivity contribution in [1.29, 1.82) is 0 Å². The van der Waals surface area contributed by atoms with Crippen LogP contribution in [0.15, 0.2) is 0 Å². The number of nitrogens with one attached hydrogen (secondary N) is 4. The van der Waals surface area contributed by atoms with Gasteiger partial charge in [-0.25, -0.2) is 10.4 Å². The first-order valence-electron chi connectivity index (χ1n) is 9.58. The van der Waals surface area contributed by atoms with Gasteiger partial charge in [0, 0.05) is 26.2 Å². The highest BCUT2D eigenvalue weighted by Crippen LogP contribution is 2.25. The fraction of sp³-hybridized carbons (Fsp3) is 0.647. The lowest BCUT2D eigenvalue weighted by Gasteiger charge is -2.28. The Hall–Kier alpha value is -2.46. The largest absolute Gasteiger partial charge is 0.378 e. The van der Waals surface area contributed by atoms with E-state index in [1.54, 1.807) is 7.05 Å². The highest BCUT2D eigenvalue weighted by atomic mass is 16.5. The number of rotatable bonds is 5. The summed E-state index contributed by atoms with van der Waals surface area (Å²) in [7, 11) is 1.75. The normalized spacial score (nSPS) is 18.6. The SMILES string of the molecule is CNNc1nc(N2CCOCC2)c2[nH]c(C(=O)NC3CCCCC3)nc2n1. The molecule has 2 aromatic rings. The molecular weight excluding hydrogens is 348 g/mol. The number of aromatic nitrogens is 4. The molecule has 4 N–H and O–H groups in total. The molecule has 0 bridgehead atoms. The van der Waals surface area contributed by atoms with Crippen LogP contribution in [0.2, 0.25) is 0 Å². The van der Waals surface area contributed by atoms with E-state index in [2.05, 4.69) is 41.0 Å². The minimum absolute atomic E-state index is 0.184. The molecule has 2 aliphatic rings. The summed E-state index contributed by atoms with van der Waals surface area (Å²) >= 11 is 0. The summed E-state index contributed by atoms with van der Waals surface area (Å²) < 4.78 is 5.44. The number of H-pyrrole nitrogens is 1. The summed E-state index contributed by atoms with van der Waals surface area (Å²) in [6.07, 6.45) is 5.63. The molecule has 4 rings (SSSR count). The second kappa shape index (κ2) is 8.05. The highest BCUT2D eigenvalue weighted by Gasteiger charge is 2.23. The van der Waals surface area contributed by atoms with Gasteiger partial charge in [-0.2, -0.15) is 9.97 Å². The van der Waals surface area contributed by atoms with E-state index >= 15 is 0 Å². The summed E-state index contributed by atoms with van der Waals surface area (Å²) in [4.78, 5) is 31.4. The van der Waals surface area contributed by atoms with Crippen molar-refractivity contribution in [3.05, 3.63) is 5.82 Å². The fourth-order valence-electron chi connectivity index (χ4n) is 3.66. The van der Waals surface area contributed by atoms with Gasteiger partial charge in [0.05, 0.1) is 13.2 Å². The van der Waals surface area contributed by atoms with Gasteiger partial charge in [0.15, 0.2) is 17.3 Å². The molecule has 2 aromatic heterocycles. The third-order valence-corrected chi connectivity index (χ3v) is 5.03. The Bertz CT molecular complexity index is 796. The first-order chi connectivity index (χ1) is 13.2. The first-order valence-corrected chi connectivity index (χ1v) is 9.58. The standard InChI is InChI=1S/C17H26N8O2/c1-18-24-17-22-13-12(15(23-17)25-7-9-27-10-8-25)20-14(21-13)16(26)19-11-5-3-2-4-6-11/h11,18H,2-10H2,1H3,(H,19,26)(H2,20,21,22,23,24). The van der Waals surface area contributed by atoms with Crippen LogP contribution in [0, 0.1) is 0 Å². The van der Waals surface area contributed by atoms with Gasteiger partial charge in [-0.1, -0.05) is 19.3 Å². The fourth-order valence-corrected chi connectivity index (χ4v) is 3.66. The molecule has 2 fully saturated rings. The molecule has 1 saturated heterocycles. The number of carbonyl (C=O) groups is 1. The topological polar surface area (TPSA) is 120 Å². The van der Waals surface area contributed by atoms with Gasteiger partial charge in [-0.05, 0) is 12.8 Å². The molecule has 1 amide bonds. The second-order valence-electron chi connectivity index (χ2n) is 6.94. The van der Waals surface area contributed by atoms with Crippen molar-refractivity contribution in [2.45, 2.75) is 38.1 Å². The molecule has 0 spiro atoms. The van der Waals surface area contributed by atoms with Crippen LogP contribution in [-0.2, 0) is 4.74 Å². The third-order valence-electron chi connectivity index (χ3n) is 5.03. The summed E-state index contributed by atoms with van der Waals surface area (Å²) in [5, 5.41) is 3.09. The maximum atomic E-state index is 12.7. The molecule has 1 aliphatic heterocycles.